The van der Waals surface area contributed by atoms with E-state index < -0.39 is 18.4 Å². The summed E-state index contributed by atoms with van der Waals surface area (Å²) in [4.78, 5) is 28.3. The zero-order valence-corrected chi connectivity index (χ0v) is 17.8. The highest BCUT2D eigenvalue weighted by Gasteiger charge is 2.25. The zero-order chi connectivity index (χ0) is 21.5. The second-order valence-corrected chi connectivity index (χ2v) is 7.36. The quantitative estimate of drug-likeness (QED) is 0.465. The van der Waals surface area contributed by atoms with E-state index in [4.69, 9.17) is 23.7 Å². The first-order valence-electron chi connectivity index (χ1n) is 10.3. The SMILES string of the molecule is CCN(C(=O)OC(C)OC(=O)CN1CCOCC1)C(C)Cc1ccc2c(c1)OCO2. The lowest BCUT2D eigenvalue weighted by molar-refractivity contribution is -0.168. The largest absolute Gasteiger partial charge is 0.454 e. The standard InChI is InChI=1S/C21H30N2O7/c1-4-23(15(2)11-17-5-6-18-19(12-17)28-14-27-18)21(25)30-16(3)29-20(24)13-22-7-9-26-10-8-22/h5-6,12,15-16H,4,7-11,13-14H2,1-3H3. The lowest BCUT2D eigenvalue weighted by atomic mass is 10.1. The van der Waals surface area contributed by atoms with Crippen molar-refractivity contribution in [3.8, 4) is 11.5 Å². The molecule has 2 atom stereocenters. The Labute approximate surface area is 176 Å². The minimum atomic E-state index is -0.960. The van der Waals surface area contributed by atoms with E-state index in [2.05, 4.69) is 0 Å². The molecule has 0 radical (unpaired) electrons. The van der Waals surface area contributed by atoms with Crippen LogP contribution in [0.1, 0.15) is 26.3 Å². The van der Waals surface area contributed by atoms with E-state index >= 15 is 0 Å². The number of hydrogen-bond acceptors (Lipinski definition) is 8. The van der Waals surface area contributed by atoms with Gasteiger partial charge in [-0.05, 0) is 38.0 Å². The summed E-state index contributed by atoms with van der Waals surface area (Å²) in [5, 5.41) is 0. The Morgan fingerprint density at radius 1 is 1.13 bits per heavy atom. The number of rotatable bonds is 8. The summed E-state index contributed by atoms with van der Waals surface area (Å²) in [5.41, 5.74) is 1.03. The van der Waals surface area contributed by atoms with Crippen molar-refractivity contribution in [1.82, 2.24) is 9.80 Å². The number of likely N-dealkylation sites (N-methyl/N-ethyl adjacent to an activating group) is 1. The summed E-state index contributed by atoms with van der Waals surface area (Å²) < 4.78 is 26.6. The molecule has 3 rings (SSSR count). The van der Waals surface area contributed by atoms with Gasteiger partial charge in [-0.3, -0.25) is 9.69 Å². The molecule has 0 N–H and O–H groups in total. The Balaban J connectivity index is 1.47. The molecule has 30 heavy (non-hydrogen) atoms. The Morgan fingerprint density at radius 3 is 2.60 bits per heavy atom. The van der Waals surface area contributed by atoms with E-state index in [0.717, 1.165) is 11.3 Å². The molecule has 166 valence electrons. The molecule has 2 aliphatic heterocycles. The van der Waals surface area contributed by atoms with Crippen molar-refractivity contribution < 1.29 is 33.3 Å². The van der Waals surface area contributed by atoms with Gasteiger partial charge in [-0.2, -0.15) is 0 Å². The second kappa shape index (κ2) is 10.5. The lowest BCUT2D eigenvalue weighted by Gasteiger charge is -2.29. The number of amides is 1. The molecule has 2 unspecified atom stereocenters. The van der Waals surface area contributed by atoms with Gasteiger partial charge >= 0.3 is 12.1 Å². The van der Waals surface area contributed by atoms with Gasteiger partial charge in [0.2, 0.25) is 13.1 Å². The van der Waals surface area contributed by atoms with Crippen molar-refractivity contribution in [3.05, 3.63) is 23.8 Å². The van der Waals surface area contributed by atoms with Crippen molar-refractivity contribution in [2.75, 3.05) is 46.2 Å². The van der Waals surface area contributed by atoms with Gasteiger partial charge in [0, 0.05) is 32.6 Å². The van der Waals surface area contributed by atoms with Crippen LogP contribution in [0.4, 0.5) is 4.79 Å². The van der Waals surface area contributed by atoms with Crippen LogP contribution in [0.2, 0.25) is 0 Å². The van der Waals surface area contributed by atoms with Gasteiger partial charge in [0.25, 0.3) is 0 Å². The fourth-order valence-electron chi connectivity index (χ4n) is 3.54. The maximum Gasteiger partial charge on any atom is 0.413 e. The third kappa shape index (κ3) is 5.99. The van der Waals surface area contributed by atoms with Crippen LogP contribution in [0.15, 0.2) is 18.2 Å². The van der Waals surface area contributed by atoms with Crippen molar-refractivity contribution in [2.24, 2.45) is 0 Å². The number of ether oxygens (including phenoxy) is 5. The fraction of sp³-hybridized carbons (Fsp3) is 0.619. The van der Waals surface area contributed by atoms with E-state index in [1.54, 1.807) is 11.8 Å². The highest BCUT2D eigenvalue weighted by Crippen LogP contribution is 2.33. The summed E-state index contributed by atoms with van der Waals surface area (Å²) >= 11 is 0. The predicted octanol–water partition coefficient (Wildman–Crippen LogP) is 2.03. The molecule has 9 heteroatoms. The summed E-state index contributed by atoms with van der Waals surface area (Å²) in [5.74, 6) is 1.02. The second-order valence-electron chi connectivity index (χ2n) is 7.36. The average Bonchev–Trinajstić information content (AvgIpc) is 3.16. The molecule has 2 heterocycles. The molecule has 0 aromatic heterocycles. The minimum Gasteiger partial charge on any atom is -0.454 e. The Kier molecular flexibility index (Phi) is 7.75. The Bertz CT molecular complexity index is 736. The van der Waals surface area contributed by atoms with Crippen LogP contribution in [-0.2, 0) is 25.4 Å². The van der Waals surface area contributed by atoms with Crippen molar-refractivity contribution >= 4 is 12.1 Å². The van der Waals surface area contributed by atoms with Crippen LogP contribution in [-0.4, -0.2) is 80.4 Å². The number of hydrogen-bond donors (Lipinski definition) is 0. The van der Waals surface area contributed by atoms with Gasteiger partial charge in [-0.1, -0.05) is 6.07 Å². The summed E-state index contributed by atoms with van der Waals surface area (Å²) in [7, 11) is 0. The number of morpholine rings is 1. The van der Waals surface area contributed by atoms with Crippen LogP contribution >= 0.6 is 0 Å². The number of carbonyl (C=O) groups is 2. The number of benzene rings is 1. The number of carbonyl (C=O) groups excluding carboxylic acids is 2. The molecular weight excluding hydrogens is 392 g/mol. The maximum atomic E-state index is 12.6. The highest BCUT2D eigenvalue weighted by atomic mass is 16.7. The summed E-state index contributed by atoms with van der Waals surface area (Å²) in [6.45, 7) is 8.80. The third-order valence-corrected chi connectivity index (χ3v) is 5.10. The first-order chi connectivity index (χ1) is 14.5. The third-order valence-electron chi connectivity index (χ3n) is 5.10. The van der Waals surface area contributed by atoms with Gasteiger partial charge < -0.3 is 28.6 Å². The predicted molar refractivity (Wildman–Crippen MR) is 107 cm³/mol. The first-order valence-corrected chi connectivity index (χ1v) is 10.3. The van der Waals surface area contributed by atoms with Crippen LogP contribution < -0.4 is 9.47 Å². The molecule has 0 saturated carbocycles. The van der Waals surface area contributed by atoms with E-state index in [1.165, 1.54) is 0 Å². The number of nitrogens with zero attached hydrogens (tertiary/aromatic N) is 2. The molecule has 1 fully saturated rings. The topological polar surface area (TPSA) is 86.8 Å². The Hall–Kier alpha value is -2.52. The average molecular weight is 422 g/mol. The number of esters is 1. The maximum absolute atomic E-state index is 12.6. The molecule has 0 spiro atoms. The van der Waals surface area contributed by atoms with Crippen molar-refractivity contribution in [3.63, 3.8) is 0 Å². The van der Waals surface area contributed by atoms with Crippen LogP contribution in [0.25, 0.3) is 0 Å². The molecule has 1 aromatic rings. The van der Waals surface area contributed by atoms with E-state index in [0.29, 0.717) is 45.0 Å². The molecular formula is C21H30N2O7. The van der Waals surface area contributed by atoms with E-state index in [1.807, 2.05) is 36.9 Å². The van der Waals surface area contributed by atoms with Gasteiger partial charge in [0.05, 0.1) is 19.8 Å². The lowest BCUT2D eigenvalue weighted by Crippen LogP contribution is -2.43. The zero-order valence-electron chi connectivity index (χ0n) is 17.8. The van der Waals surface area contributed by atoms with Crippen LogP contribution in [0, 0.1) is 0 Å². The van der Waals surface area contributed by atoms with Crippen LogP contribution in [0.5, 0.6) is 11.5 Å². The van der Waals surface area contributed by atoms with Gasteiger partial charge in [-0.15, -0.1) is 0 Å². The van der Waals surface area contributed by atoms with Crippen molar-refractivity contribution in [1.29, 1.82) is 0 Å². The van der Waals surface area contributed by atoms with Gasteiger partial charge in [-0.25, -0.2) is 4.79 Å². The Morgan fingerprint density at radius 2 is 1.87 bits per heavy atom. The summed E-state index contributed by atoms with van der Waals surface area (Å²) in [6.07, 6.45) is -0.847. The molecule has 0 aliphatic carbocycles. The summed E-state index contributed by atoms with van der Waals surface area (Å²) in [6, 6.07) is 5.64. The minimum absolute atomic E-state index is 0.112. The van der Waals surface area contributed by atoms with E-state index in [9.17, 15) is 9.59 Å². The smallest absolute Gasteiger partial charge is 0.413 e. The molecule has 2 aliphatic rings. The van der Waals surface area contributed by atoms with Crippen LogP contribution in [0.3, 0.4) is 0 Å². The molecule has 9 nitrogen and oxygen atoms in total. The van der Waals surface area contributed by atoms with Crippen molar-refractivity contribution in [2.45, 2.75) is 39.5 Å². The monoisotopic (exact) mass is 422 g/mol. The molecule has 0 bridgehead atoms. The fourth-order valence-corrected chi connectivity index (χ4v) is 3.54. The molecule has 1 aromatic carbocycles. The normalized spacial score (nSPS) is 17.8. The molecule has 1 amide bonds. The van der Waals surface area contributed by atoms with Gasteiger partial charge in [0.15, 0.2) is 11.5 Å². The van der Waals surface area contributed by atoms with Gasteiger partial charge in [0.1, 0.15) is 0 Å². The number of fused-ring (bicyclic) bond motifs is 1. The highest BCUT2D eigenvalue weighted by molar-refractivity contribution is 5.72. The van der Waals surface area contributed by atoms with E-state index in [-0.39, 0.29) is 19.4 Å². The first kappa shape index (κ1) is 22.2. The molecule has 1 saturated heterocycles.